The van der Waals surface area contributed by atoms with Crippen molar-refractivity contribution < 1.29 is 13.2 Å². The summed E-state index contributed by atoms with van der Waals surface area (Å²) in [6.45, 7) is 3.66. The Hall–Kier alpha value is -3.06. The van der Waals surface area contributed by atoms with Gasteiger partial charge in [-0.25, -0.2) is 13.4 Å². The Kier molecular flexibility index (Phi) is 5.15. The molecule has 0 saturated carbocycles. The van der Waals surface area contributed by atoms with Gasteiger partial charge < -0.3 is 9.64 Å². The third-order valence-electron chi connectivity index (χ3n) is 5.05. The first kappa shape index (κ1) is 19.3. The van der Waals surface area contributed by atoms with Crippen LogP contribution in [-0.2, 0) is 16.6 Å². The monoisotopic (exact) mass is 409 g/mol. The van der Waals surface area contributed by atoms with Gasteiger partial charge in [0, 0.05) is 19.3 Å². The van der Waals surface area contributed by atoms with Crippen molar-refractivity contribution in [2.75, 3.05) is 29.4 Å². The van der Waals surface area contributed by atoms with Crippen LogP contribution in [0.5, 0.6) is 5.75 Å². The summed E-state index contributed by atoms with van der Waals surface area (Å²) in [5, 5.41) is 0. The number of rotatable bonds is 5. The molecule has 0 amide bonds. The molecule has 2 aromatic carbocycles. The molecule has 0 spiro atoms. The van der Waals surface area contributed by atoms with Gasteiger partial charge in [-0.3, -0.25) is 4.31 Å². The highest BCUT2D eigenvalue weighted by molar-refractivity contribution is 7.92. The van der Waals surface area contributed by atoms with Crippen molar-refractivity contribution in [3.63, 3.8) is 0 Å². The molecule has 3 aromatic rings. The third-order valence-corrected chi connectivity index (χ3v) is 6.88. The minimum atomic E-state index is -3.69. The van der Waals surface area contributed by atoms with Crippen molar-refractivity contribution in [1.82, 2.24) is 4.98 Å². The number of benzene rings is 2. The Labute approximate surface area is 171 Å². The normalized spacial score (nSPS) is 13.9. The fraction of sp³-hybridized carbons (Fsp3) is 0.227. The number of sulfonamides is 1. The SMILES string of the molecule is COc1ccc(S(=O)(=O)N2CCN(Cc3ccc(C)cc3)c3ncccc32)cc1. The van der Waals surface area contributed by atoms with E-state index in [2.05, 4.69) is 41.1 Å². The molecule has 29 heavy (non-hydrogen) atoms. The van der Waals surface area contributed by atoms with Crippen molar-refractivity contribution in [2.45, 2.75) is 18.4 Å². The summed E-state index contributed by atoms with van der Waals surface area (Å²) < 4.78 is 33.2. The fourth-order valence-corrected chi connectivity index (χ4v) is 4.92. The predicted octanol–water partition coefficient (Wildman–Crippen LogP) is 3.61. The number of pyridine rings is 1. The van der Waals surface area contributed by atoms with Gasteiger partial charge in [-0.05, 0) is 48.9 Å². The van der Waals surface area contributed by atoms with Gasteiger partial charge in [-0.2, -0.15) is 0 Å². The lowest BCUT2D eigenvalue weighted by molar-refractivity contribution is 0.414. The molecule has 2 heterocycles. The van der Waals surface area contributed by atoms with E-state index in [1.165, 1.54) is 15.4 Å². The highest BCUT2D eigenvalue weighted by Crippen LogP contribution is 2.35. The van der Waals surface area contributed by atoms with Crippen molar-refractivity contribution in [1.29, 1.82) is 0 Å². The van der Waals surface area contributed by atoms with Crippen LogP contribution in [0.1, 0.15) is 11.1 Å². The Bertz CT molecular complexity index is 1100. The molecule has 150 valence electrons. The average Bonchev–Trinajstić information content (AvgIpc) is 2.75. The van der Waals surface area contributed by atoms with Crippen LogP contribution in [0.25, 0.3) is 0 Å². The summed E-state index contributed by atoms with van der Waals surface area (Å²) in [6.07, 6.45) is 1.70. The van der Waals surface area contributed by atoms with Gasteiger partial charge in [0.25, 0.3) is 10.0 Å². The third kappa shape index (κ3) is 3.78. The lowest BCUT2D eigenvalue weighted by Crippen LogP contribution is -2.44. The van der Waals surface area contributed by atoms with Crippen LogP contribution in [-0.4, -0.2) is 33.6 Å². The van der Waals surface area contributed by atoms with Gasteiger partial charge in [0.05, 0.1) is 24.2 Å². The fourth-order valence-electron chi connectivity index (χ4n) is 3.46. The van der Waals surface area contributed by atoms with Crippen molar-refractivity contribution in [3.8, 4) is 5.75 Å². The second kappa shape index (κ2) is 7.75. The summed E-state index contributed by atoms with van der Waals surface area (Å²) in [5.74, 6) is 1.30. The standard InChI is InChI=1S/C22H23N3O3S/c1-17-5-7-18(8-6-17)16-24-14-15-25(21-4-3-13-23-22(21)24)29(26,27)20-11-9-19(28-2)10-12-20/h3-13H,14-16H2,1-2H3. The molecule has 4 rings (SSSR count). The first-order chi connectivity index (χ1) is 14.0. The Balaban J connectivity index is 1.66. The quantitative estimate of drug-likeness (QED) is 0.644. The number of aryl methyl sites for hydroxylation is 1. The summed E-state index contributed by atoms with van der Waals surface area (Å²) in [4.78, 5) is 6.86. The topological polar surface area (TPSA) is 62.7 Å². The molecule has 0 radical (unpaired) electrons. The Morgan fingerprint density at radius 1 is 1.00 bits per heavy atom. The molecule has 1 aliphatic heterocycles. The van der Waals surface area contributed by atoms with Crippen LogP contribution in [0.3, 0.4) is 0 Å². The molecule has 0 bridgehead atoms. The largest absolute Gasteiger partial charge is 0.497 e. The smallest absolute Gasteiger partial charge is 0.264 e. The number of aromatic nitrogens is 1. The molecule has 1 aromatic heterocycles. The summed E-state index contributed by atoms with van der Waals surface area (Å²) in [5.41, 5.74) is 2.98. The molecule has 7 heteroatoms. The van der Waals surface area contributed by atoms with E-state index in [4.69, 9.17) is 4.74 Å². The zero-order valence-corrected chi connectivity index (χ0v) is 17.3. The van der Waals surface area contributed by atoms with Gasteiger partial charge >= 0.3 is 0 Å². The molecule has 6 nitrogen and oxygen atoms in total. The van der Waals surface area contributed by atoms with E-state index in [-0.39, 0.29) is 4.90 Å². The molecular weight excluding hydrogens is 386 g/mol. The lowest BCUT2D eigenvalue weighted by Gasteiger charge is -2.37. The predicted molar refractivity (Wildman–Crippen MR) is 114 cm³/mol. The van der Waals surface area contributed by atoms with Crippen LogP contribution in [0.2, 0.25) is 0 Å². The van der Waals surface area contributed by atoms with E-state index in [9.17, 15) is 8.42 Å². The second-order valence-electron chi connectivity index (χ2n) is 7.01. The maximum absolute atomic E-state index is 13.3. The maximum atomic E-state index is 13.3. The molecule has 0 saturated heterocycles. The summed E-state index contributed by atoms with van der Waals surface area (Å²) in [6, 6.07) is 18.4. The zero-order valence-electron chi connectivity index (χ0n) is 16.4. The number of hydrogen-bond donors (Lipinski definition) is 0. The number of hydrogen-bond acceptors (Lipinski definition) is 5. The summed E-state index contributed by atoms with van der Waals surface area (Å²) in [7, 11) is -2.14. The molecule has 0 unspecified atom stereocenters. The van der Waals surface area contributed by atoms with Crippen molar-refractivity contribution >= 4 is 21.5 Å². The van der Waals surface area contributed by atoms with Crippen LogP contribution in [0.15, 0.2) is 71.8 Å². The van der Waals surface area contributed by atoms with Crippen LogP contribution < -0.4 is 13.9 Å². The van der Waals surface area contributed by atoms with Gasteiger partial charge in [-0.15, -0.1) is 0 Å². The van der Waals surface area contributed by atoms with E-state index in [0.29, 0.717) is 36.9 Å². The zero-order chi connectivity index (χ0) is 20.4. The molecule has 0 aliphatic carbocycles. The second-order valence-corrected chi connectivity index (χ2v) is 8.87. The van der Waals surface area contributed by atoms with E-state index >= 15 is 0 Å². The minimum Gasteiger partial charge on any atom is -0.497 e. The van der Waals surface area contributed by atoms with Gasteiger partial charge in [0.1, 0.15) is 5.75 Å². The van der Waals surface area contributed by atoms with Gasteiger partial charge in [0.2, 0.25) is 0 Å². The van der Waals surface area contributed by atoms with Crippen molar-refractivity contribution in [2.24, 2.45) is 0 Å². The minimum absolute atomic E-state index is 0.236. The Morgan fingerprint density at radius 2 is 1.72 bits per heavy atom. The van der Waals surface area contributed by atoms with E-state index in [1.54, 1.807) is 43.6 Å². The first-order valence-electron chi connectivity index (χ1n) is 9.41. The van der Waals surface area contributed by atoms with E-state index < -0.39 is 10.0 Å². The molecule has 0 N–H and O–H groups in total. The summed E-state index contributed by atoms with van der Waals surface area (Å²) >= 11 is 0. The lowest BCUT2D eigenvalue weighted by atomic mass is 10.1. The first-order valence-corrected chi connectivity index (χ1v) is 10.9. The van der Waals surface area contributed by atoms with Crippen LogP contribution in [0, 0.1) is 6.92 Å². The highest BCUT2D eigenvalue weighted by Gasteiger charge is 2.32. The maximum Gasteiger partial charge on any atom is 0.264 e. The molecular formula is C22H23N3O3S. The van der Waals surface area contributed by atoms with Crippen molar-refractivity contribution in [3.05, 3.63) is 78.0 Å². The van der Waals surface area contributed by atoms with Gasteiger partial charge in [0.15, 0.2) is 5.82 Å². The van der Waals surface area contributed by atoms with Crippen LogP contribution >= 0.6 is 0 Å². The van der Waals surface area contributed by atoms with Gasteiger partial charge in [-0.1, -0.05) is 29.8 Å². The number of ether oxygens (including phenoxy) is 1. The number of anilines is 2. The highest BCUT2D eigenvalue weighted by atomic mass is 32.2. The van der Waals surface area contributed by atoms with E-state index in [1.807, 2.05) is 6.07 Å². The molecule has 0 atom stereocenters. The Morgan fingerprint density at radius 3 is 2.41 bits per heavy atom. The van der Waals surface area contributed by atoms with Crippen LogP contribution in [0.4, 0.5) is 11.5 Å². The average molecular weight is 410 g/mol. The van der Waals surface area contributed by atoms with E-state index in [0.717, 1.165) is 0 Å². The molecule has 1 aliphatic rings. The number of fused-ring (bicyclic) bond motifs is 1. The molecule has 0 fully saturated rings. The number of methoxy groups -OCH3 is 1. The number of nitrogens with zero attached hydrogens (tertiary/aromatic N) is 3.